The second kappa shape index (κ2) is 14.3. The van der Waals surface area contributed by atoms with E-state index in [4.69, 9.17) is 13.6 Å². The Kier molecular flexibility index (Phi) is 11.9. The van der Waals surface area contributed by atoms with Crippen LogP contribution in [0.15, 0.2) is 23.0 Å². The molecular weight excluding hydrogens is 703 g/mol. The van der Waals surface area contributed by atoms with Gasteiger partial charge in [0.2, 0.25) is 8.32 Å². The van der Waals surface area contributed by atoms with Crippen LogP contribution in [-0.4, -0.2) is 42.1 Å². The third-order valence-electron chi connectivity index (χ3n) is 17.4. The molecule has 2 fully saturated rings. The van der Waals surface area contributed by atoms with Crippen molar-refractivity contribution in [3.05, 3.63) is 23.0 Å². The number of methoxy groups -OCH3 is 1. The number of nitrogens with zero attached hydrogens (tertiary/aromatic N) is 1. The number of fused-ring (bicyclic) bond motifs is 3. The number of ketones is 1. The fourth-order valence-corrected chi connectivity index (χ4v) is 13.0. The SMILES string of the molecule is COC(=O)C1(CC[C@]2(C)[C@@H](C)C(=O)C=C3[C@@]4(C)CC(C#N)=C(O[Si](C)(C)C(C)(C)C)[C@@](C)(CCO[Si](C)(C)C(C)(C)C)[C@@H]4CC[C@]32C)CCC(C)(C)CC1. The first-order chi connectivity index (χ1) is 24.3. The van der Waals surface area contributed by atoms with Crippen LogP contribution in [0.5, 0.6) is 0 Å². The van der Waals surface area contributed by atoms with Gasteiger partial charge in [-0.3, -0.25) is 9.59 Å². The molecule has 4 aliphatic carbocycles. The van der Waals surface area contributed by atoms with Gasteiger partial charge in [-0.05, 0) is 134 Å². The van der Waals surface area contributed by atoms with E-state index < -0.39 is 32.9 Å². The van der Waals surface area contributed by atoms with E-state index in [9.17, 15) is 14.9 Å². The Labute approximate surface area is 333 Å². The van der Waals surface area contributed by atoms with Crippen molar-refractivity contribution >= 4 is 28.4 Å². The number of rotatable bonds is 10. The summed E-state index contributed by atoms with van der Waals surface area (Å²) in [5.74, 6) is 0.960. The molecule has 306 valence electrons. The summed E-state index contributed by atoms with van der Waals surface area (Å²) in [7, 11) is -2.83. The van der Waals surface area contributed by atoms with Crippen molar-refractivity contribution in [2.24, 2.45) is 44.3 Å². The van der Waals surface area contributed by atoms with Crippen molar-refractivity contribution in [1.29, 1.82) is 5.26 Å². The number of carbonyl (C=O) groups is 2. The molecule has 0 aliphatic heterocycles. The van der Waals surface area contributed by atoms with E-state index >= 15 is 0 Å². The van der Waals surface area contributed by atoms with Gasteiger partial charge in [0.25, 0.3) is 0 Å². The van der Waals surface area contributed by atoms with E-state index in [1.54, 1.807) is 0 Å². The topological polar surface area (TPSA) is 85.6 Å². The van der Waals surface area contributed by atoms with Crippen molar-refractivity contribution < 1.29 is 23.2 Å². The molecule has 0 saturated heterocycles. The van der Waals surface area contributed by atoms with Crippen LogP contribution < -0.4 is 0 Å². The van der Waals surface area contributed by atoms with Crippen molar-refractivity contribution in [2.45, 2.75) is 190 Å². The summed E-state index contributed by atoms with van der Waals surface area (Å²) in [6.07, 6.45) is 10.4. The zero-order valence-corrected chi connectivity index (χ0v) is 40.0. The molecule has 4 rings (SSSR count). The van der Waals surface area contributed by atoms with Gasteiger partial charge >= 0.3 is 5.97 Å². The summed E-state index contributed by atoms with van der Waals surface area (Å²) in [6.45, 7) is 39.7. The summed E-state index contributed by atoms with van der Waals surface area (Å²) in [5, 5.41) is 11.1. The van der Waals surface area contributed by atoms with Crippen LogP contribution in [0.3, 0.4) is 0 Å². The van der Waals surface area contributed by atoms with Gasteiger partial charge in [0, 0.05) is 17.9 Å². The van der Waals surface area contributed by atoms with Crippen LogP contribution in [0.4, 0.5) is 0 Å². The molecule has 0 aromatic rings. The molecule has 0 spiro atoms. The molecule has 0 heterocycles. The predicted octanol–water partition coefficient (Wildman–Crippen LogP) is 12.7. The van der Waals surface area contributed by atoms with Gasteiger partial charge < -0.3 is 13.6 Å². The Morgan fingerprint density at radius 2 is 1.43 bits per heavy atom. The quantitative estimate of drug-likeness (QED) is 0.162. The first kappa shape index (κ1) is 45.0. The van der Waals surface area contributed by atoms with Gasteiger partial charge in [0.05, 0.1) is 29.9 Å². The Balaban J connectivity index is 1.84. The minimum Gasteiger partial charge on any atom is -0.545 e. The maximum absolute atomic E-state index is 14.4. The minimum atomic E-state index is -2.32. The highest BCUT2D eigenvalue weighted by atomic mass is 28.4. The Bertz CT molecular complexity index is 1580. The first-order valence-electron chi connectivity index (χ1n) is 21.1. The molecule has 6 nitrogen and oxygen atoms in total. The standard InChI is InChI=1S/C46H79NO5Si2/c1-32-34(48)29-36-43(11)30-33(31-47)37(52-54(17,18)40(5,6)7)42(10,27-28-51-53(15,16)39(2,3)4)35(43)19-20-45(36,13)44(32,12)23-26-46(38(49)50-14)24-21-41(8,9)22-25-46/h29,32,35H,19-28,30H2,1-18H3/t32-,35-,42-,43-,44+,45+/m0/s1. The monoisotopic (exact) mass is 782 g/mol. The van der Waals surface area contributed by atoms with E-state index in [1.165, 1.54) is 12.7 Å². The molecule has 54 heavy (non-hydrogen) atoms. The number of carbonyl (C=O) groups excluding carboxylic acids is 2. The van der Waals surface area contributed by atoms with Crippen molar-refractivity contribution in [3.8, 4) is 6.07 Å². The highest BCUT2D eigenvalue weighted by molar-refractivity contribution is 6.74. The highest BCUT2D eigenvalue weighted by Crippen LogP contribution is 2.72. The third-order valence-corrected chi connectivity index (χ3v) is 26.3. The molecule has 0 bridgehead atoms. The van der Waals surface area contributed by atoms with E-state index in [0.717, 1.165) is 69.1 Å². The van der Waals surface area contributed by atoms with Gasteiger partial charge in [-0.1, -0.05) is 95.6 Å². The number of allylic oxidation sites excluding steroid dienone is 4. The first-order valence-corrected chi connectivity index (χ1v) is 27.0. The molecule has 2 saturated carbocycles. The van der Waals surface area contributed by atoms with Gasteiger partial charge in [-0.2, -0.15) is 5.26 Å². The normalized spacial score (nSPS) is 34.3. The van der Waals surface area contributed by atoms with Crippen molar-refractivity contribution in [2.75, 3.05) is 13.7 Å². The average molecular weight is 782 g/mol. The largest absolute Gasteiger partial charge is 0.545 e. The van der Waals surface area contributed by atoms with Gasteiger partial charge in [-0.15, -0.1) is 0 Å². The predicted molar refractivity (Wildman–Crippen MR) is 227 cm³/mol. The number of esters is 1. The second-order valence-corrected chi connectivity index (χ2v) is 32.6. The summed E-state index contributed by atoms with van der Waals surface area (Å²) >= 11 is 0. The van der Waals surface area contributed by atoms with E-state index in [1.807, 2.05) is 6.08 Å². The fourth-order valence-electron chi connectivity index (χ4n) is 10.7. The molecule has 4 aliphatic rings. The molecule has 0 aromatic carbocycles. The van der Waals surface area contributed by atoms with E-state index in [0.29, 0.717) is 13.0 Å². The van der Waals surface area contributed by atoms with Gasteiger partial charge in [0.15, 0.2) is 14.1 Å². The lowest BCUT2D eigenvalue weighted by Crippen LogP contribution is -2.60. The minimum absolute atomic E-state index is 0.0308. The Hall–Kier alpha value is -1.70. The Morgan fingerprint density at radius 3 is 1.93 bits per heavy atom. The zero-order chi connectivity index (χ0) is 41.4. The summed E-state index contributed by atoms with van der Waals surface area (Å²) in [5.41, 5.74) is 0.119. The van der Waals surface area contributed by atoms with Crippen LogP contribution in [0.2, 0.25) is 36.3 Å². The molecular formula is C46H79NO5Si2. The van der Waals surface area contributed by atoms with Crippen LogP contribution >= 0.6 is 0 Å². The smallest absolute Gasteiger partial charge is 0.311 e. The lowest BCUT2D eigenvalue weighted by atomic mass is 9.38. The van der Waals surface area contributed by atoms with Crippen LogP contribution in [-0.2, 0) is 23.2 Å². The fraction of sp³-hybridized carbons (Fsp3) is 0.848. The van der Waals surface area contributed by atoms with Crippen molar-refractivity contribution in [3.63, 3.8) is 0 Å². The van der Waals surface area contributed by atoms with Crippen LogP contribution in [0.25, 0.3) is 0 Å². The second-order valence-electron chi connectivity index (χ2n) is 23.1. The highest BCUT2D eigenvalue weighted by Gasteiger charge is 2.66. The average Bonchev–Trinajstić information content (AvgIpc) is 3.04. The van der Waals surface area contributed by atoms with Crippen LogP contribution in [0, 0.1) is 55.7 Å². The zero-order valence-electron chi connectivity index (χ0n) is 38.0. The summed E-state index contributed by atoms with van der Waals surface area (Å²) in [4.78, 5) is 28.0. The lowest BCUT2D eigenvalue weighted by Gasteiger charge is -2.66. The summed E-state index contributed by atoms with van der Waals surface area (Å²) in [6, 6.07) is 2.70. The molecule has 6 atom stereocenters. The lowest BCUT2D eigenvalue weighted by molar-refractivity contribution is -0.159. The van der Waals surface area contributed by atoms with Gasteiger partial charge in [-0.25, -0.2) is 0 Å². The van der Waals surface area contributed by atoms with E-state index in [2.05, 4.69) is 122 Å². The number of nitriles is 1. The van der Waals surface area contributed by atoms with E-state index in [-0.39, 0.29) is 49.9 Å². The maximum Gasteiger partial charge on any atom is 0.311 e. The Morgan fingerprint density at radius 1 is 0.870 bits per heavy atom. The molecule has 0 radical (unpaired) electrons. The molecule has 8 heteroatoms. The third kappa shape index (κ3) is 7.43. The molecule has 0 amide bonds. The van der Waals surface area contributed by atoms with Crippen LogP contribution in [0.1, 0.15) is 154 Å². The van der Waals surface area contributed by atoms with Gasteiger partial charge in [0.1, 0.15) is 0 Å². The molecule has 0 aromatic heterocycles. The number of ether oxygens (including phenoxy) is 1. The molecule has 0 unspecified atom stereocenters. The molecule has 0 N–H and O–H groups in total. The maximum atomic E-state index is 14.4. The van der Waals surface area contributed by atoms with Crippen molar-refractivity contribution in [1.82, 2.24) is 0 Å². The summed E-state index contributed by atoms with van der Waals surface area (Å²) < 4.78 is 19.8. The number of hydrogen-bond donors (Lipinski definition) is 0. The number of hydrogen-bond acceptors (Lipinski definition) is 6.